The van der Waals surface area contributed by atoms with Gasteiger partial charge in [0.2, 0.25) is 5.91 Å². The quantitative estimate of drug-likeness (QED) is 0.896. The molecule has 1 spiro atoms. The smallest absolute Gasteiger partial charge is 0.220 e. The molecule has 1 aliphatic carbocycles. The van der Waals surface area contributed by atoms with Gasteiger partial charge in [0.15, 0.2) is 0 Å². The molecule has 3 rings (SSSR count). The van der Waals surface area contributed by atoms with Gasteiger partial charge in [-0.15, -0.1) is 0 Å². The minimum Gasteiger partial charge on any atom is -0.359 e. The van der Waals surface area contributed by atoms with Crippen molar-refractivity contribution in [1.29, 1.82) is 0 Å². The molecule has 1 heterocycles. The Bertz CT molecular complexity index is 503. The third kappa shape index (κ3) is 2.24. The van der Waals surface area contributed by atoms with Crippen molar-refractivity contribution in [3.8, 4) is 0 Å². The Hall–Kier alpha value is -1.35. The van der Waals surface area contributed by atoms with E-state index in [9.17, 15) is 4.79 Å². The topological polar surface area (TPSA) is 32.3 Å². The lowest BCUT2D eigenvalue weighted by Gasteiger charge is -2.39. The molecular formula is C17H24N2O. The molecule has 20 heavy (non-hydrogen) atoms. The fourth-order valence-corrected chi connectivity index (χ4v) is 4.06. The summed E-state index contributed by atoms with van der Waals surface area (Å²) in [6.07, 6.45) is 4.23. The van der Waals surface area contributed by atoms with E-state index in [-0.39, 0.29) is 5.91 Å². The summed E-state index contributed by atoms with van der Waals surface area (Å²) in [6, 6.07) is 8.80. The Balaban J connectivity index is 1.90. The molecule has 1 fully saturated rings. The van der Waals surface area contributed by atoms with Gasteiger partial charge in [-0.05, 0) is 61.9 Å². The summed E-state index contributed by atoms with van der Waals surface area (Å²) in [5.74, 6) is 0.560. The van der Waals surface area contributed by atoms with Gasteiger partial charge in [-0.1, -0.05) is 24.3 Å². The van der Waals surface area contributed by atoms with Crippen molar-refractivity contribution >= 4 is 5.91 Å². The van der Waals surface area contributed by atoms with Crippen LogP contribution in [0.1, 0.15) is 42.7 Å². The van der Waals surface area contributed by atoms with Gasteiger partial charge in [0.25, 0.3) is 0 Å². The monoisotopic (exact) mass is 272 g/mol. The first-order chi connectivity index (χ1) is 9.64. The number of amides is 1. The van der Waals surface area contributed by atoms with Crippen LogP contribution in [0.5, 0.6) is 0 Å². The molecule has 2 aliphatic rings. The van der Waals surface area contributed by atoms with Crippen molar-refractivity contribution in [2.45, 2.75) is 37.0 Å². The largest absolute Gasteiger partial charge is 0.359 e. The van der Waals surface area contributed by atoms with Crippen LogP contribution in [0.4, 0.5) is 0 Å². The average Bonchev–Trinajstić information content (AvgIpc) is 2.77. The summed E-state index contributed by atoms with van der Waals surface area (Å²) in [5, 5.41) is 2.77. The zero-order valence-electron chi connectivity index (χ0n) is 12.5. The number of nitrogens with zero attached hydrogens (tertiary/aromatic N) is 1. The van der Waals surface area contributed by atoms with E-state index < -0.39 is 0 Å². The van der Waals surface area contributed by atoms with E-state index >= 15 is 0 Å². The van der Waals surface area contributed by atoms with Gasteiger partial charge in [0, 0.05) is 13.5 Å². The third-order valence-electron chi connectivity index (χ3n) is 5.26. The fraction of sp³-hybridized carbons (Fsp3) is 0.588. The number of carbonyl (C=O) groups is 1. The minimum absolute atomic E-state index is 0.162. The number of carbonyl (C=O) groups excluding carboxylic acids is 1. The second kappa shape index (κ2) is 5.21. The average molecular weight is 272 g/mol. The first-order valence-electron chi connectivity index (χ1n) is 7.63. The third-order valence-corrected chi connectivity index (χ3v) is 5.26. The standard InChI is InChI=1S/C17H24N2O/c1-18-16(20)11-13-12-17(7-9-19(2)10-8-17)15-6-4-3-5-14(13)15/h3-6,13H,7-12H2,1-2H3,(H,18,20). The number of piperidine rings is 1. The molecule has 1 unspecified atom stereocenters. The summed E-state index contributed by atoms with van der Waals surface area (Å²) in [5.41, 5.74) is 3.25. The van der Waals surface area contributed by atoms with Gasteiger partial charge in [0.05, 0.1) is 0 Å². The molecule has 108 valence electrons. The van der Waals surface area contributed by atoms with Gasteiger partial charge in [-0.25, -0.2) is 0 Å². The maximum Gasteiger partial charge on any atom is 0.220 e. The molecular weight excluding hydrogens is 248 g/mol. The zero-order chi connectivity index (χ0) is 14.2. The number of likely N-dealkylation sites (tertiary alicyclic amines) is 1. The van der Waals surface area contributed by atoms with Gasteiger partial charge in [-0.3, -0.25) is 4.79 Å². The van der Waals surface area contributed by atoms with Crippen LogP contribution in [0.25, 0.3) is 0 Å². The molecule has 3 heteroatoms. The predicted octanol–water partition coefficient (Wildman–Crippen LogP) is 2.27. The summed E-state index contributed by atoms with van der Waals surface area (Å²) >= 11 is 0. The van der Waals surface area contributed by atoms with Gasteiger partial charge < -0.3 is 10.2 Å². The summed E-state index contributed by atoms with van der Waals surface area (Å²) in [4.78, 5) is 14.2. The van der Waals surface area contributed by atoms with E-state index in [2.05, 4.69) is 41.5 Å². The zero-order valence-corrected chi connectivity index (χ0v) is 12.5. The molecule has 1 N–H and O–H groups in total. The van der Waals surface area contributed by atoms with Gasteiger partial charge in [-0.2, -0.15) is 0 Å². The molecule has 1 saturated heterocycles. The second-order valence-corrected chi connectivity index (χ2v) is 6.45. The van der Waals surface area contributed by atoms with Gasteiger partial charge >= 0.3 is 0 Å². The molecule has 0 saturated carbocycles. The maximum atomic E-state index is 11.8. The van der Waals surface area contributed by atoms with E-state index in [0.717, 1.165) is 6.42 Å². The van der Waals surface area contributed by atoms with Crippen molar-refractivity contribution in [3.63, 3.8) is 0 Å². The Kier molecular flexibility index (Phi) is 3.55. The Morgan fingerprint density at radius 3 is 2.75 bits per heavy atom. The molecule has 3 nitrogen and oxygen atoms in total. The van der Waals surface area contributed by atoms with E-state index in [0.29, 0.717) is 17.8 Å². The SMILES string of the molecule is CNC(=O)CC1CC2(CCN(C)CC2)c2ccccc21. The lowest BCUT2D eigenvalue weighted by Crippen LogP contribution is -2.39. The molecule has 1 aromatic carbocycles. The molecule has 0 aromatic heterocycles. The predicted molar refractivity (Wildman–Crippen MR) is 80.9 cm³/mol. The van der Waals surface area contributed by atoms with E-state index in [1.54, 1.807) is 7.05 Å². The molecule has 0 radical (unpaired) electrons. The van der Waals surface area contributed by atoms with Crippen LogP contribution < -0.4 is 5.32 Å². The van der Waals surface area contributed by atoms with Crippen LogP contribution in [0, 0.1) is 0 Å². The fourth-order valence-electron chi connectivity index (χ4n) is 4.06. The molecule has 1 amide bonds. The van der Waals surface area contributed by atoms with Gasteiger partial charge in [0.1, 0.15) is 0 Å². The maximum absolute atomic E-state index is 11.8. The van der Waals surface area contributed by atoms with Crippen LogP contribution in [-0.2, 0) is 10.2 Å². The summed E-state index contributed by atoms with van der Waals surface area (Å²) < 4.78 is 0. The van der Waals surface area contributed by atoms with Crippen molar-refractivity contribution in [2.75, 3.05) is 27.2 Å². The Labute approximate surface area is 121 Å². The van der Waals surface area contributed by atoms with E-state index in [1.807, 2.05) is 0 Å². The number of benzene rings is 1. The molecule has 1 aromatic rings. The van der Waals surface area contributed by atoms with Crippen molar-refractivity contribution in [3.05, 3.63) is 35.4 Å². The van der Waals surface area contributed by atoms with Crippen LogP contribution in [-0.4, -0.2) is 38.0 Å². The Morgan fingerprint density at radius 2 is 2.05 bits per heavy atom. The normalized spacial score (nSPS) is 24.6. The van der Waals surface area contributed by atoms with Crippen LogP contribution in [0.2, 0.25) is 0 Å². The van der Waals surface area contributed by atoms with E-state index in [1.165, 1.54) is 37.1 Å². The van der Waals surface area contributed by atoms with Crippen molar-refractivity contribution in [1.82, 2.24) is 10.2 Å². The summed E-state index contributed by atoms with van der Waals surface area (Å²) in [7, 11) is 3.93. The number of hydrogen-bond acceptors (Lipinski definition) is 2. The highest BCUT2D eigenvalue weighted by atomic mass is 16.1. The lowest BCUT2D eigenvalue weighted by atomic mass is 9.73. The van der Waals surface area contributed by atoms with Crippen LogP contribution >= 0.6 is 0 Å². The van der Waals surface area contributed by atoms with Crippen molar-refractivity contribution < 1.29 is 4.79 Å². The lowest BCUT2D eigenvalue weighted by molar-refractivity contribution is -0.121. The highest BCUT2D eigenvalue weighted by molar-refractivity contribution is 5.77. The minimum atomic E-state index is 0.162. The first kappa shape index (κ1) is 13.6. The van der Waals surface area contributed by atoms with Crippen LogP contribution in [0.3, 0.4) is 0 Å². The highest BCUT2D eigenvalue weighted by Gasteiger charge is 2.44. The number of hydrogen-bond donors (Lipinski definition) is 1. The van der Waals surface area contributed by atoms with Crippen LogP contribution in [0.15, 0.2) is 24.3 Å². The summed E-state index contributed by atoms with van der Waals surface area (Å²) in [6.45, 7) is 2.34. The number of rotatable bonds is 2. The van der Waals surface area contributed by atoms with E-state index in [4.69, 9.17) is 0 Å². The first-order valence-corrected chi connectivity index (χ1v) is 7.63. The van der Waals surface area contributed by atoms with Crippen molar-refractivity contribution in [2.24, 2.45) is 0 Å². The molecule has 0 bridgehead atoms. The highest BCUT2D eigenvalue weighted by Crippen LogP contribution is 2.52. The Morgan fingerprint density at radius 1 is 1.35 bits per heavy atom. The second-order valence-electron chi connectivity index (χ2n) is 6.45. The molecule has 1 atom stereocenters. The molecule has 1 aliphatic heterocycles. The number of nitrogens with one attached hydrogen (secondary N) is 1. The number of fused-ring (bicyclic) bond motifs is 2.